The molecular formula is C13H15N5S. The summed E-state index contributed by atoms with van der Waals surface area (Å²) >= 11 is 5.43. The van der Waals surface area contributed by atoms with Gasteiger partial charge in [0, 0.05) is 25.1 Å². The molecule has 0 aliphatic heterocycles. The number of fused-ring (bicyclic) bond motifs is 1. The van der Waals surface area contributed by atoms with Crippen LogP contribution in [0.2, 0.25) is 0 Å². The standard InChI is InChI=1S/C13H15N5S/c1-9-3-4-15-12-11(9)16-13(19)18(12)10(2)7-17-6-5-14-8-17/h3-6,8,10H,7H2,1-2H3,(H,16,19). The van der Waals surface area contributed by atoms with Crippen LogP contribution in [0, 0.1) is 11.7 Å². The Bertz CT molecular complexity index is 753. The van der Waals surface area contributed by atoms with Crippen molar-refractivity contribution in [1.29, 1.82) is 0 Å². The Morgan fingerprint density at radius 1 is 1.42 bits per heavy atom. The summed E-state index contributed by atoms with van der Waals surface area (Å²) in [6.45, 7) is 5.00. The van der Waals surface area contributed by atoms with E-state index in [2.05, 4.69) is 33.4 Å². The number of nitrogens with zero attached hydrogens (tertiary/aromatic N) is 4. The molecule has 1 atom stereocenters. The lowest BCUT2D eigenvalue weighted by molar-refractivity contribution is 0.468. The Balaban J connectivity index is 2.07. The predicted molar refractivity (Wildman–Crippen MR) is 76.6 cm³/mol. The van der Waals surface area contributed by atoms with Crippen LogP contribution in [0.3, 0.4) is 0 Å². The molecule has 0 saturated carbocycles. The van der Waals surface area contributed by atoms with Crippen molar-refractivity contribution in [3.63, 3.8) is 0 Å². The molecule has 19 heavy (non-hydrogen) atoms. The molecule has 3 aromatic rings. The molecule has 1 N–H and O–H groups in total. The van der Waals surface area contributed by atoms with Crippen molar-refractivity contribution in [2.24, 2.45) is 0 Å². The van der Waals surface area contributed by atoms with E-state index in [9.17, 15) is 0 Å². The molecule has 3 heterocycles. The summed E-state index contributed by atoms with van der Waals surface area (Å²) in [5, 5.41) is 0. The summed E-state index contributed by atoms with van der Waals surface area (Å²) < 4.78 is 4.82. The highest BCUT2D eigenvalue weighted by molar-refractivity contribution is 7.71. The summed E-state index contributed by atoms with van der Waals surface area (Å²) in [5.74, 6) is 0. The highest BCUT2D eigenvalue weighted by Gasteiger charge is 2.13. The smallest absolute Gasteiger partial charge is 0.179 e. The Morgan fingerprint density at radius 3 is 3.00 bits per heavy atom. The second-order valence-corrected chi connectivity index (χ2v) is 5.12. The van der Waals surface area contributed by atoms with Gasteiger partial charge in [-0.15, -0.1) is 0 Å². The van der Waals surface area contributed by atoms with Crippen LogP contribution in [0.25, 0.3) is 11.2 Å². The number of hydrogen-bond donors (Lipinski definition) is 1. The zero-order chi connectivity index (χ0) is 13.4. The molecule has 0 aliphatic carbocycles. The molecule has 0 bridgehead atoms. The summed E-state index contributed by atoms with van der Waals surface area (Å²) in [5.41, 5.74) is 3.09. The molecule has 0 saturated heterocycles. The van der Waals surface area contributed by atoms with Gasteiger partial charge >= 0.3 is 0 Å². The Hall–Kier alpha value is -1.95. The highest BCUT2D eigenvalue weighted by atomic mass is 32.1. The molecule has 3 aromatic heterocycles. The van der Waals surface area contributed by atoms with E-state index >= 15 is 0 Å². The Labute approximate surface area is 115 Å². The van der Waals surface area contributed by atoms with Gasteiger partial charge in [-0.05, 0) is 37.7 Å². The molecule has 5 nitrogen and oxygen atoms in total. The van der Waals surface area contributed by atoms with Gasteiger partial charge in [-0.3, -0.25) is 4.57 Å². The van der Waals surface area contributed by atoms with E-state index in [-0.39, 0.29) is 6.04 Å². The summed E-state index contributed by atoms with van der Waals surface area (Å²) in [4.78, 5) is 11.8. The van der Waals surface area contributed by atoms with Gasteiger partial charge in [0.25, 0.3) is 0 Å². The second-order valence-electron chi connectivity index (χ2n) is 4.74. The van der Waals surface area contributed by atoms with Crippen LogP contribution in [0.1, 0.15) is 18.5 Å². The van der Waals surface area contributed by atoms with Gasteiger partial charge < -0.3 is 9.55 Å². The van der Waals surface area contributed by atoms with Crippen molar-refractivity contribution < 1.29 is 0 Å². The van der Waals surface area contributed by atoms with Crippen molar-refractivity contribution in [3.8, 4) is 0 Å². The summed E-state index contributed by atoms with van der Waals surface area (Å²) in [6, 6.07) is 2.20. The van der Waals surface area contributed by atoms with E-state index < -0.39 is 0 Å². The van der Waals surface area contributed by atoms with E-state index in [0.29, 0.717) is 4.77 Å². The maximum atomic E-state index is 5.43. The monoisotopic (exact) mass is 273 g/mol. The van der Waals surface area contributed by atoms with E-state index in [1.54, 1.807) is 6.20 Å². The molecule has 98 valence electrons. The number of aryl methyl sites for hydroxylation is 1. The maximum Gasteiger partial charge on any atom is 0.179 e. The zero-order valence-corrected chi connectivity index (χ0v) is 11.7. The lowest BCUT2D eigenvalue weighted by Gasteiger charge is -2.14. The minimum absolute atomic E-state index is 0.213. The third kappa shape index (κ3) is 2.08. The Kier molecular flexibility index (Phi) is 2.94. The number of pyridine rings is 1. The second kappa shape index (κ2) is 4.62. The van der Waals surface area contributed by atoms with E-state index in [1.165, 1.54) is 0 Å². The minimum atomic E-state index is 0.213. The molecular weight excluding hydrogens is 258 g/mol. The molecule has 0 amide bonds. The van der Waals surface area contributed by atoms with Crippen molar-refractivity contribution >= 4 is 23.4 Å². The first-order chi connectivity index (χ1) is 9.16. The summed E-state index contributed by atoms with van der Waals surface area (Å²) in [6.07, 6.45) is 7.37. The SMILES string of the molecule is Cc1ccnc2c1[nH]c(=S)n2C(C)Cn1ccnc1. The molecule has 0 radical (unpaired) electrons. The maximum absolute atomic E-state index is 5.43. The lowest BCUT2D eigenvalue weighted by atomic mass is 10.2. The van der Waals surface area contributed by atoms with Crippen molar-refractivity contribution in [1.82, 2.24) is 24.1 Å². The number of hydrogen-bond acceptors (Lipinski definition) is 3. The number of imidazole rings is 2. The fraction of sp³-hybridized carbons (Fsp3) is 0.308. The average molecular weight is 273 g/mol. The highest BCUT2D eigenvalue weighted by Crippen LogP contribution is 2.20. The quantitative estimate of drug-likeness (QED) is 0.747. The van der Waals surface area contributed by atoms with E-state index in [1.807, 2.05) is 29.4 Å². The fourth-order valence-corrected chi connectivity index (χ4v) is 2.70. The third-order valence-electron chi connectivity index (χ3n) is 3.29. The first-order valence-electron chi connectivity index (χ1n) is 6.18. The number of aromatic amines is 1. The van der Waals surface area contributed by atoms with Crippen LogP contribution in [0.5, 0.6) is 0 Å². The van der Waals surface area contributed by atoms with Gasteiger partial charge in [-0.25, -0.2) is 9.97 Å². The van der Waals surface area contributed by atoms with Gasteiger partial charge in [-0.2, -0.15) is 0 Å². The van der Waals surface area contributed by atoms with Gasteiger partial charge in [0.1, 0.15) is 0 Å². The predicted octanol–water partition coefficient (Wildman–Crippen LogP) is 2.86. The number of H-pyrrole nitrogens is 1. The van der Waals surface area contributed by atoms with E-state index in [4.69, 9.17) is 12.2 Å². The number of nitrogens with one attached hydrogen (secondary N) is 1. The molecule has 0 spiro atoms. The van der Waals surface area contributed by atoms with Crippen LogP contribution in [0.15, 0.2) is 31.0 Å². The van der Waals surface area contributed by atoms with Gasteiger partial charge in [-0.1, -0.05) is 0 Å². The van der Waals surface area contributed by atoms with Crippen LogP contribution in [-0.4, -0.2) is 24.1 Å². The van der Waals surface area contributed by atoms with Crippen LogP contribution < -0.4 is 0 Å². The molecule has 0 aromatic carbocycles. The minimum Gasteiger partial charge on any atom is -0.335 e. The number of aromatic nitrogens is 5. The zero-order valence-electron chi connectivity index (χ0n) is 10.9. The molecule has 0 aliphatic rings. The first-order valence-corrected chi connectivity index (χ1v) is 6.59. The van der Waals surface area contributed by atoms with Crippen LogP contribution in [0.4, 0.5) is 0 Å². The lowest BCUT2D eigenvalue weighted by Crippen LogP contribution is -2.12. The van der Waals surface area contributed by atoms with Crippen LogP contribution >= 0.6 is 12.2 Å². The summed E-state index contributed by atoms with van der Waals surface area (Å²) in [7, 11) is 0. The molecule has 1 unspecified atom stereocenters. The first kappa shape index (κ1) is 12.1. The average Bonchev–Trinajstić information content (AvgIpc) is 2.96. The van der Waals surface area contributed by atoms with Crippen LogP contribution in [-0.2, 0) is 6.54 Å². The molecule has 3 rings (SSSR count). The largest absolute Gasteiger partial charge is 0.335 e. The van der Waals surface area contributed by atoms with Crippen molar-refractivity contribution in [3.05, 3.63) is 41.3 Å². The number of rotatable bonds is 3. The van der Waals surface area contributed by atoms with Crippen molar-refractivity contribution in [2.75, 3.05) is 0 Å². The third-order valence-corrected chi connectivity index (χ3v) is 3.59. The molecule has 6 heteroatoms. The normalized spacial score (nSPS) is 12.9. The van der Waals surface area contributed by atoms with E-state index in [0.717, 1.165) is 23.3 Å². The van der Waals surface area contributed by atoms with Crippen molar-refractivity contribution in [2.45, 2.75) is 26.4 Å². The van der Waals surface area contributed by atoms with Gasteiger partial charge in [0.05, 0.1) is 17.9 Å². The van der Waals surface area contributed by atoms with Gasteiger partial charge in [0.2, 0.25) is 0 Å². The Morgan fingerprint density at radius 2 is 2.26 bits per heavy atom. The fourth-order valence-electron chi connectivity index (χ4n) is 2.33. The topological polar surface area (TPSA) is 51.4 Å². The van der Waals surface area contributed by atoms with Gasteiger partial charge in [0.15, 0.2) is 10.4 Å². The molecule has 0 fully saturated rings.